The van der Waals surface area contributed by atoms with Gasteiger partial charge in [0, 0.05) is 17.2 Å². The molecule has 0 bridgehead atoms. The number of hydrogen-bond donors (Lipinski definition) is 0. The number of alkyl halides is 1. The Bertz CT molecular complexity index is 766. The van der Waals surface area contributed by atoms with Crippen LogP contribution in [0.3, 0.4) is 0 Å². The first-order valence-corrected chi connectivity index (χ1v) is 11.4. The number of aromatic nitrogens is 1. The zero-order valence-corrected chi connectivity index (χ0v) is 17.6. The van der Waals surface area contributed by atoms with E-state index >= 15 is 0 Å². The zero-order chi connectivity index (χ0) is 17.9. The highest BCUT2D eigenvalue weighted by molar-refractivity contribution is 9.09. The van der Waals surface area contributed by atoms with E-state index in [-0.39, 0.29) is 0 Å². The van der Waals surface area contributed by atoms with E-state index in [2.05, 4.69) is 65.2 Å². The van der Waals surface area contributed by atoms with E-state index in [1.807, 2.05) is 6.20 Å². The average Bonchev–Trinajstić information content (AvgIpc) is 3.00. The molecule has 0 radical (unpaired) electrons. The second kappa shape index (κ2) is 6.06. The van der Waals surface area contributed by atoms with Gasteiger partial charge in [-0.2, -0.15) is 0 Å². The molecule has 0 spiro atoms. The van der Waals surface area contributed by atoms with Gasteiger partial charge in [-0.1, -0.05) is 53.6 Å². The molecule has 2 saturated carbocycles. The van der Waals surface area contributed by atoms with Crippen molar-refractivity contribution < 1.29 is 0 Å². The molecule has 1 unspecified atom stereocenters. The predicted octanol–water partition coefficient (Wildman–Crippen LogP) is 6.80. The molecule has 0 saturated heterocycles. The van der Waals surface area contributed by atoms with Gasteiger partial charge >= 0.3 is 0 Å². The smallest absolute Gasteiger partial charge is 0.0343 e. The van der Waals surface area contributed by atoms with Crippen LogP contribution in [0.2, 0.25) is 0 Å². The molecule has 4 aliphatic rings. The quantitative estimate of drug-likeness (QED) is 0.365. The standard InChI is InChI=1S/C24H30BrN/c1-23-11-9-18(25)14-17(23)5-6-19-21-8-7-20(16-4-3-13-26-15-16)24(21,2)12-10-22(19)23/h3-5,7,13,15,18-19,21-22H,6,8-12,14H2,1-2H3/t18?,19-,21-,22-,23-,24+/m0/s1. The Kier molecular flexibility index (Phi) is 4.01. The van der Waals surface area contributed by atoms with E-state index in [4.69, 9.17) is 0 Å². The molecular weight excluding hydrogens is 382 g/mol. The lowest BCUT2D eigenvalue weighted by Crippen LogP contribution is -2.49. The van der Waals surface area contributed by atoms with Gasteiger partial charge in [-0.05, 0) is 90.7 Å². The minimum Gasteiger partial charge on any atom is -0.264 e. The Hall–Kier alpha value is -0.890. The van der Waals surface area contributed by atoms with Crippen LogP contribution in [0.4, 0.5) is 0 Å². The summed E-state index contributed by atoms with van der Waals surface area (Å²) in [6.45, 7) is 5.15. The molecule has 2 heteroatoms. The summed E-state index contributed by atoms with van der Waals surface area (Å²) in [7, 11) is 0. The summed E-state index contributed by atoms with van der Waals surface area (Å²) in [6, 6.07) is 4.35. The van der Waals surface area contributed by atoms with E-state index in [0.29, 0.717) is 15.7 Å². The molecule has 4 aliphatic carbocycles. The van der Waals surface area contributed by atoms with E-state index < -0.39 is 0 Å². The van der Waals surface area contributed by atoms with Gasteiger partial charge in [0.15, 0.2) is 0 Å². The third-order valence-electron chi connectivity index (χ3n) is 8.60. The molecule has 1 aromatic heterocycles. The van der Waals surface area contributed by atoms with Crippen molar-refractivity contribution in [3.63, 3.8) is 0 Å². The Morgan fingerprint density at radius 1 is 1.04 bits per heavy atom. The van der Waals surface area contributed by atoms with Crippen LogP contribution in [-0.2, 0) is 0 Å². The zero-order valence-electron chi connectivity index (χ0n) is 16.0. The topological polar surface area (TPSA) is 12.9 Å². The van der Waals surface area contributed by atoms with Crippen molar-refractivity contribution in [2.75, 3.05) is 0 Å². The highest BCUT2D eigenvalue weighted by Crippen LogP contribution is 2.66. The number of allylic oxidation sites excluding steroid dienone is 4. The van der Waals surface area contributed by atoms with Crippen molar-refractivity contribution in [3.8, 4) is 0 Å². The Balaban J connectivity index is 1.48. The number of fused-ring (bicyclic) bond motifs is 5. The SMILES string of the molecule is C[C@]12CCC(Br)CC1=CC[C@@H]1[C@@H]2CC[C@]2(C)C(c3cccnc3)=CC[C@@H]12. The molecule has 26 heavy (non-hydrogen) atoms. The maximum atomic E-state index is 4.40. The normalized spacial score (nSPS) is 44.4. The molecular formula is C24H30BrN. The second-order valence-corrected chi connectivity index (χ2v) is 10.9. The van der Waals surface area contributed by atoms with Crippen LogP contribution >= 0.6 is 15.9 Å². The predicted molar refractivity (Wildman–Crippen MR) is 112 cm³/mol. The van der Waals surface area contributed by atoms with E-state index in [1.54, 1.807) is 11.1 Å². The number of hydrogen-bond acceptors (Lipinski definition) is 1. The summed E-state index contributed by atoms with van der Waals surface area (Å²) < 4.78 is 0. The molecule has 1 heterocycles. The Morgan fingerprint density at radius 2 is 1.88 bits per heavy atom. The Morgan fingerprint density at radius 3 is 2.69 bits per heavy atom. The van der Waals surface area contributed by atoms with Gasteiger partial charge in [-0.3, -0.25) is 4.98 Å². The van der Waals surface area contributed by atoms with Crippen molar-refractivity contribution in [1.29, 1.82) is 0 Å². The number of nitrogens with zero attached hydrogens (tertiary/aromatic N) is 1. The van der Waals surface area contributed by atoms with Gasteiger partial charge in [0.05, 0.1) is 0 Å². The number of pyridine rings is 1. The maximum Gasteiger partial charge on any atom is 0.0343 e. The van der Waals surface area contributed by atoms with Crippen LogP contribution in [0.5, 0.6) is 0 Å². The minimum atomic E-state index is 0.346. The fourth-order valence-corrected chi connectivity index (χ4v) is 7.73. The summed E-state index contributed by atoms with van der Waals surface area (Å²) in [5, 5.41) is 0. The lowest BCUT2D eigenvalue weighted by Gasteiger charge is -2.57. The molecule has 0 amide bonds. The summed E-state index contributed by atoms with van der Waals surface area (Å²) in [4.78, 5) is 5.10. The first-order valence-electron chi connectivity index (χ1n) is 10.5. The van der Waals surface area contributed by atoms with Gasteiger partial charge in [0.2, 0.25) is 0 Å². The molecule has 2 fully saturated rings. The van der Waals surface area contributed by atoms with Crippen molar-refractivity contribution in [3.05, 3.63) is 47.8 Å². The van der Waals surface area contributed by atoms with Crippen molar-refractivity contribution in [2.24, 2.45) is 28.6 Å². The first-order chi connectivity index (χ1) is 12.5. The molecule has 6 atom stereocenters. The van der Waals surface area contributed by atoms with Crippen LogP contribution in [0.1, 0.15) is 64.4 Å². The monoisotopic (exact) mass is 411 g/mol. The summed E-state index contributed by atoms with van der Waals surface area (Å²) >= 11 is 3.89. The van der Waals surface area contributed by atoms with E-state index in [1.165, 1.54) is 50.5 Å². The fraction of sp³-hybridized carbons (Fsp3) is 0.625. The average molecular weight is 412 g/mol. The molecule has 0 N–H and O–H groups in total. The second-order valence-electron chi connectivity index (χ2n) is 9.65. The summed E-state index contributed by atoms with van der Waals surface area (Å²) in [6.07, 6.45) is 18.5. The van der Waals surface area contributed by atoms with Crippen LogP contribution in [0, 0.1) is 28.6 Å². The summed E-state index contributed by atoms with van der Waals surface area (Å²) in [5.41, 5.74) is 5.52. The van der Waals surface area contributed by atoms with Gasteiger partial charge in [-0.25, -0.2) is 0 Å². The maximum absolute atomic E-state index is 4.40. The van der Waals surface area contributed by atoms with Crippen molar-refractivity contribution >= 4 is 21.5 Å². The first kappa shape index (κ1) is 17.2. The van der Waals surface area contributed by atoms with Gasteiger partial charge in [0.25, 0.3) is 0 Å². The third kappa shape index (κ3) is 2.37. The molecule has 0 aromatic carbocycles. The van der Waals surface area contributed by atoms with E-state index in [9.17, 15) is 0 Å². The molecule has 0 aliphatic heterocycles. The number of rotatable bonds is 1. The van der Waals surface area contributed by atoms with Crippen LogP contribution in [0.15, 0.2) is 42.3 Å². The van der Waals surface area contributed by atoms with Gasteiger partial charge in [-0.15, -0.1) is 0 Å². The molecule has 1 aromatic rings. The van der Waals surface area contributed by atoms with Crippen LogP contribution < -0.4 is 0 Å². The largest absolute Gasteiger partial charge is 0.264 e. The van der Waals surface area contributed by atoms with Crippen LogP contribution in [-0.4, -0.2) is 9.81 Å². The number of halogens is 1. The third-order valence-corrected chi connectivity index (χ3v) is 9.38. The van der Waals surface area contributed by atoms with Gasteiger partial charge < -0.3 is 0 Å². The lowest BCUT2D eigenvalue weighted by molar-refractivity contribution is -0.00917. The van der Waals surface area contributed by atoms with Gasteiger partial charge in [0.1, 0.15) is 0 Å². The molecule has 5 rings (SSSR count). The summed E-state index contributed by atoms with van der Waals surface area (Å²) in [5.74, 6) is 2.56. The minimum absolute atomic E-state index is 0.346. The van der Waals surface area contributed by atoms with Crippen LogP contribution in [0.25, 0.3) is 5.57 Å². The highest BCUT2D eigenvalue weighted by Gasteiger charge is 2.56. The van der Waals surface area contributed by atoms with Crippen molar-refractivity contribution in [1.82, 2.24) is 4.98 Å². The highest BCUT2D eigenvalue weighted by atomic mass is 79.9. The molecule has 138 valence electrons. The fourth-order valence-electron chi connectivity index (χ4n) is 7.15. The molecule has 1 nitrogen and oxygen atoms in total. The van der Waals surface area contributed by atoms with E-state index in [0.717, 1.165) is 17.8 Å². The Labute approximate surface area is 166 Å². The lowest BCUT2D eigenvalue weighted by atomic mass is 9.47. The van der Waals surface area contributed by atoms with Crippen molar-refractivity contribution in [2.45, 2.75) is 63.6 Å².